The fourth-order valence-electron chi connectivity index (χ4n) is 4.40. The fraction of sp³-hybridized carbons (Fsp3) is 0.333. The number of carbonyl (C=O) groups excluding carboxylic acids is 1. The van der Waals surface area contributed by atoms with Gasteiger partial charge in [-0.15, -0.1) is 10.2 Å². The van der Waals surface area contributed by atoms with Gasteiger partial charge in [0.1, 0.15) is 0 Å². The summed E-state index contributed by atoms with van der Waals surface area (Å²) in [6.07, 6.45) is 6.96. The Hall–Kier alpha value is -4.38. The van der Waals surface area contributed by atoms with Crippen molar-refractivity contribution >= 4 is 17.1 Å². The summed E-state index contributed by atoms with van der Waals surface area (Å²) in [5.41, 5.74) is 6.21. The van der Waals surface area contributed by atoms with E-state index in [0.29, 0.717) is 28.6 Å². The predicted octanol–water partition coefficient (Wildman–Crippen LogP) is 4.00. The highest BCUT2D eigenvalue weighted by atomic mass is 16.3. The highest BCUT2D eigenvalue weighted by Gasteiger charge is 2.26. The molecule has 1 fully saturated rings. The number of aliphatic hydroxyl groups excluding tert-OH is 1. The molecular formula is C27H29N9O2. The molecule has 1 aliphatic rings. The van der Waals surface area contributed by atoms with Crippen LogP contribution in [0.5, 0.6) is 0 Å². The molecule has 4 aromatic heterocycles. The lowest BCUT2D eigenvalue weighted by Crippen LogP contribution is -2.18. The lowest BCUT2D eigenvalue weighted by atomic mass is 10.1. The van der Waals surface area contributed by atoms with Crippen LogP contribution in [0.2, 0.25) is 0 Å². The molecule has 11 heteroatoms. The maximum absolute atomic E-state index is 13.4. The molecule has 2 atom stereocenters. The number of fused-ring (bicyclic) bond motifs is 1. The van der Waals surface area contributed by atoms with E-state index in [1.54, 1.807) is 27.1 Å². The molecular weight excluding hydrogens is 482 g/mol. The van der Waals surface area contributed by atoms with Crippen molar-refractivity contribution in [2.75, 3.05) is 5.32 Å². The second-order valence-corrected chi connectivity index (χ2v) is 10.0. The molecule has 1 aromatic carbocycles. The van der Waals surface area contributed by atoms with Gasteiger partial charge in [-0.3, -0.25) is 9.48 Å². The van der Waals surface area contributed by atoms with Crippen molar-refractivity contribution in [3.63, 3.8) is 0 Å². The molecule has 0 aliphatic heterocycles. The number of anilines is 1. The van der Waals surface area contributed by atoms with Crippen LogP contribution in [0.25, 0.3) is 28.0 Å². The third-order valence-electron chi connectivity index (χ3n) is 7.15. The summed E-state index contributed by atoms with van der Waals surface area (Å²) in [4.78, 5) is 15.1. The Balaban J connectivity index is 1.29. The Labute approximate surface area is 219 Å². The van der Waals surface area contributed by atoms with Gasteiger partial charge in [0.05, 0.1) is 41.2 Å². The summed E-state index contributed by atoms with van der Waals surface area (Å²) in [5.74, 6) is 0.274. The third-order valence-corrected chi connectivity index (χ3v) is 7.15. The second kappa shape index (κ2) is 9.18. The fourth-order valence-corrected chi connectivity index (χ4v) is 4.40. The van der Waals surface area contributed by atoms with E-state index in [9.17, 15) is 9.90 Å². The molecule has 38 heavy (non-hydrogen) atoms. The van der Waals surface area contributed by atoms with Gasteiger partial charge in [-0.1, -0.05) is 12.1 Å². The molecule has 6 rings (SSSR count). The van der Waals surface area contributed by atoms with Crippen LogP contribution in [-0.4, -0.2) is 56.7 Å². The van der Waals surface area contributed by atoms with Crippen molar-refractivity contribution in [3.05, 3.63) is 65.7 Å². The Morgan fingerprint density at radius 3 is 2.68 bits per heavy atom. The van der Waals surface area contributed by atoms with Crippen LogP contribution in [0, 0.1) is 13.8 Å². The summed E-state index contributed by atoms with van der Waals surface area (Å²) in [6.45, 7) is 7.54. The summed E-state index contributed by atoms with van der Waals surface area (Å²) in [5, 5.41) is 34.8. The molecule has 1 aliphatic carbocycles. The lowest BCUT2D eigenvalue weighted by Gasteiger charge is -2.14. The van der Waals surface area contributed by atoms with Gasteiger partial charge in [0, 0.05) is 29.2 Å². The van der Waals surface area contributed by atoms with E-state index in [0.717, 1.165) is 40.8 Å². The van der Waals surface area contributed by atoms with Gasteiger partial charge in [0.25, 0.3) is 5.91 Å². The lowest BCUT2D eigenvalue weighted by molar-refractivity contribution is 0.102. The number of nitrogens with one attached hydrogen (secondary N) is 1. The molecule has 11 nitrogen and oxygen atoms in total. The molecule has 0 spiro atoms. The van der Waals surface area contributed by atoms with Crippen LogP contribution in [0.3, 0.4) is 0 Å². The Morgan fingerprint density at radius 1 is 1.11 bits per heavy atom. The van der Waals surface area contributed by atoms with Crippen LogP contribution < -0.4 is 5.32 Å². The number of benzene rings is 1. The highest BCUT2D eigenvalue weighted by molar-refractivity contribution is 6.09. The molecule has 0 bridgehead atoms. The van der Waals surface area contributed by atoms with Crippen LogP contribution in [-0.2, 0) is 0 Å². The first-order valence-corrected chi connectivity index (χ1v) is 12.7. The van der Waals surface area contributed by atoms with Gasteiger partial charge in [-0.2, -0.15) is 15.0 Å². The van der Waals surface area contributed by atoms with E-state index < -0.39 is 6.10 Å². The maximum Gasteiger partial charge on any atom is 0.259 e. The number of amides is 1. The molecule has 1 amide bonds. The smallest absolute Gasteiger partial charge is 0.259 e. The number of tetrazole rings is 1. The summed E-state index contributed by atoms with van der Waals surface area (Å²) in [6, 6.07) is 9.81. The quantitative estimate of drug-likeness (QED) is 0.338. The van der Waals surface area contributed by atoms with Crippen molar-refractivity contribution in [1.29, 1.82) is 0 Å². The van der Waals surface area contributed by atoms with Crippen molar-refractivity contribution in [3.8, 4) is 22.5 Å². The minimum absolute atomic E-state index is 0.157. The predicted molar refractivity (Wildman–Crippen MR) is 142 cm³/mol. The third kappa shape index (κ3) is 4.34. The van der Waals surface area contributed by atoms with Gasteiger partial charge < -0.3 is 10.4 Å². The van der Waals surface area contributed by atoms with E-state index in [-0.39, 0.29) is 11.9 Å². The number of aryl methyl sites for hydroxylation is 2. The number of carbonyl (C=O) groups is 1. The molecule has 0 radical (unpaired) electrons. The van der Waals surface area contributed by atoms with Crippen LogP contribution in [0.15, 0.2) is 48.9 Å². The van der Waals surface area contributed by atoms with E-state index in [1.165, 1.54) is 0 Å². The summed E-state index contributed by atoms with van der Waals surface area (Å²) in [7, 11) is 0. The van der Waals surface area contributed by atoms with E-state index in [1.807, 2.05) is 63.5 Å². The number of hydrogen-bond acceptors (Lipinski definition) is 7. The summed E-state index contributed by atoms with van der Waals surface area (Å²) >= 11 is 0. The summed E-state index contributed by atoms with van der Waals surface area (Å²) < 4.78 is 3.46. The van der Waals surface area contributed by atoms with E-state index in [2.05, 4.69) is 30.9 Å². The van der Waals surface area contributed by atoms with Gasteiger partial charge in [0.15, 0.2) is 0 Å². The van der Waals surface area contributed by atoms with Crippen molar-refractivity contribution in [1.82, 2.24) is 39.6 Å². The minimum atomic E-state index is -0.530. The molecule has 5 aromatic rings. The van der Waals surface area contributed by atoms with Gasteiger partial charge in [-0.25, -0.2) is 4.52 Å². The normalized spacial score (nSPS) is 15.1. The largest absolute Gasteiger partial charge is 0.391 e. The number of pyridine rings is 1. The Morgan fingerprint density at radius 2 is 1.92 bits per heavy atom. The zero-order valence-corrected chi connectivity index (χ0v) is 21.7. The average molecular weight is 512 g/mol. The van der Waals surface area contributed by atoms with Crippen molar-refractivity contribution < 1.29 is 9.90 Å². The molecule has 4 heterocycles. The van der Waals surface area contributed by atoms with Crippen molar-refractivity contribution in [2.45, 2.75) is 58.7 Å². The molecule has 194 valence electrons. The molecule has 0 unspecified atom stereocenters. The maximum atomic E-state index is 13.4. The number of nitrogens with zero attached hydrogens (tertiary/aromatic N) is 8. The van der Waals surface area contributed by atoms with Crippen LogP contribution >= 0.6 is 0 Å². The standard InChI is InChI=1S/C27H29N9O2/c1-15-5-6-20(26-30-33-36(32-26)21-7-8-21)11-24(15)29-27(38)22-13-28-34-10-9-19(12-25(22)34)23-14-35(31-16(23)2)17(3)18(4)37/h5-6,9-14,17-18,21,37H,7-8H2,1-4H3,(H,29,38)/t17-,18+/m0/s1. The van der Waals surface area contributed by atoms with E-state index >= 15 is 0 Å². The number of aromatic nitrogens is 8. The van der Waals surface area contributed by atoms with Crippen molar-refractivity contribution in [2.24, 2.45) is 0 Å². The van der Waals surface area contributed by atoms with Gasteiger partial charge >= 0.3 is 0 Å². The number of aliphatic hydroxyl groups is 1. The first kappa shape index (κ1) is 24.0. The van der Waals surface area contributed by atoms with Gasteiger partial charge in [-0.05, 0) is 75.1 Å². The molecule has 0 saturated heterocycles. The molecule has 1 saturated carbocycles. The number of rotatable bonds is 7. The average Bonchev–Trinajstić information content (AvgIpc) is 3.30. The number of hydrogen-bond donors (Lipinski definition) is 2. The molecule has 2 N–H and O–H groups in total. The van der Waals surface area contributed by atoms with E-state index in [4.69, 9.17) is 0 Å². The second-order valence-electron chi connectivity index (χ2n) is 10.0. The van der Waals surface area contributed by atoms with Crippen LogP contribution in [0.1, 0.15) is 60.4 Å². The SMILES string of the molecule is Cc1ccc(-c2nnn(C3CC3)n2)cc1NC(=O)c1cnn2ccc(-c3cn([C@@H](C)[C@@H](C)O)nc3C)cc12. The zero-order chi connectivity index (χ0) is 26.6. The van der Waals surface area contributed by atoms with Gasteiger partial charge in [0.2, 0.25) is 5.82 Å². The highest BCUT2D eigenvalue weighted by Crippen LogP contribution is 2.34. The first-order valence-electron chi connectivity index (χ1n) is 12.7. The zero-order valence-electron chi connectivity index (χ0n) is 21.7. The first-order chi connectivity index (χ1) is 18.3. The Bertz CT molecular complexity index is 1660. The topological polar surface area (TPSA) is 128 Å². The Kier molecular flexibility index (Phi) is 5.79. The van der Waals surface area contributed by atoms with Crippen LogP contribution in [0.4, 0.5) is 5.69 Å². The minimum Gasteiger partial charge on any atom is -0.391 e. The monoisotopic (exact) mass is 511 g/mol.